The Morgan fingerprint density at radius 1 is 0.952 bits per heavy atom. The van der Waals surface area contributed by atoms with Crippen LogP contribution in [0.25, 0.3) is 0 Å². The van der Waals surface area contributed by atoms with Gasteiger partial charge in [0.15, 0.2) is 0 Å². The van der Waals surface area contributed by atoms with Gasteiger partial charge in [-0.3, -0.25) is 4.90 Å². The minimum Gasteiger partial charge on any atom is -0.508 e. The fourth-order valence-corrected chi connectivity index (χ4v) is 2.28. The Labute approximate surface area is 126 Å². The molecule has 1 aliphatic rings. The van der Waals surface area contributed by atoms with Crippen molar-refractivity contribution in [1.82, 2.24) is 4.90 Å². The number of rotatable bonds is 2. The highest BCUT2D eigenvalue weighted by Gasteiger charge is 2.10. The molecule has 1 heterocycles. The minimum absolute atomic E-state index is 0.349. The molecule has 118 valence electrons. The monoisotopic (exact) mass is 295 g/mol. The second-order valence-electron chi connectivity index (χ2n) is 5.25. The summed E-state index contributed by atoms with van der Waals surface area (Å²) in [5.41, 5.74) is 2.10. The highest BCUT2D eigenvalue weighted by molar-refractivity contribution is 5.35. The fraction of sp³-hybridized carbons (Fsp3) is 0.625. The quantitative estimate of drug-likeness (QED) is 0.897. The number of nitrogens with zero attached hydrogens (tertiary/aromatic N) is 1. The maximum Gasteiger partial charge on any atom is 0.120 e. The lowest BCUT2D eigenvalue weighted by atomic mass is 10.1. The maximum atomic E-state index is 9.97. The molecule has 1 N–H and O–H groups in total. The zero-order valence-electron chi connectivity index (χ0n) is 12.7. The van der Waals surface area contributed by atoms with Crippen LogP contribution in [0.2, 0.25) is 0 Å². The van der Waals surface area contributed by atoms with Gasteiger partial charge in [0.25, 0.3) is 0 Å². The average Bonchev–Trinajstić information content (AvgIpc) is 2.45. The van der Waals surface area contributed by atoms with Gasteiger partial charge in [-0.05, 0) is 13.0 Å². The summed E-state index contributed by atoms with van der Waals surface area (Å²) in [7, 11) is 0. The van der Waals surface area contributed by atoms with Crippen LogP contribution in [0.1, 0.15) is 11.1 Å². The van der Waals surface area contributed by atoms with Crippen LogP contribution in [0, 0.1) is 6.92 Å². The van der Waals surface area contributed by atoms with E-state index in [9.17, 15) is 5.11 Å². The molecule has 0 atom stereocenters. The van der Waals surface area contributed by atoms with E-state index in [1.807, 2.05) is 19.1 Å². The number of ether oxygens (including phenoxy) is 3. The molecule has 0 bridgehead atoms. The molecule has 0 unspecified atom stereocenters. The van der Waals surface area contributed by atoms with E-state index in [-0.39, 0.29) is 0 Å². The number of hydrogen-bond donors (Lipinski definition) is 1. The third-order valence-corrected chi connectivity index (χ3v) is 3.48. The van der Waals surface area contributed by atoms with E-state index in [1.54, 1.807) is 6.07 Å². The van der Waals surface area contributed by atoms with Crippen molar-refractivity contribution in [1.29, 1.82) is 0 Å². The van der Waals surface area contributed by atoms with Crippen molar-refractivity contribution in [3.8, 4) is 5.75 Å². The van der Waals surface area contributed by atoms with Gasteiger partial charge in [0.2, 0.25) is 0 Å². The number of aromatic hydroxyl groups is 1. The molecule has 0 amide bonds. The molecule has 5 heteroatoms. The van der Waals surface area contributed by atoms with Gasteiger partial charge in [0.1, 0.15) is 5.75 Å². The molecule has 1 aromatic carbocycles. The van der Waals surface area contributed by atoms with Crippen molar-refractivity contribution in [3.05, 3.63) is 29.3 Å². The topological polar surface area (TPSA) is 51.2 Å². The van der Waals surface area contributed by atoms with Crippen molar-refractivity contribution < 1.29 is 19.3 Å². The summed E-state index contributed by atoms with van der Waals surface area (Å²) < 4.78 is 16.5. The normalized spacial score (nSPS) is 19.7. The summed E-state index contributed by atoms with van der Waals surface area (Å²) in [5, 5.41) is 9.97. The highest BCUT2D eigenvalue weighted by Crippen LogP contribution is 2.20. The van der Waals surface area contributed by atoms with E-state index in [4.69, 9.17) is 14.2 Å². The van der Waals surface area contributed by atoms with Gasteiger partial charge in [-0.15, -0.1) is 0 Å². The van der Waals surface area contributed by atoms with Crippen LogP contribution in [-0.4, -0.2) is 62.7 Å². The first kappa shape index (κ1) is 16.2. The molecular weight excluding hydrogens is 270 g/mol. The summed E-state index contributed by atoms with van der Waals surface area (Å²) in [5.74, 6) is 0.349. The molecule has 0 radical (unpaired) electrons. The predicted octanol–water partition coefficient (Wildman–Crippen LogP) is 1.57. The second-order valence-corrected chi connectivity index (χ2v) is 5.25. The molecule has 5 nitrogen and oxygen atoms in total. The van der Waals surface area contributed by atoms with Crippen LogP contribution in [-0.2, 0) is 20.8 Å². The Hall–Kier alpha value is -1.14. The van der Waals surface area contributed by atoms with Crippen molar-refractivity contribution in [2.75, 3.05) is 52.7 Å². The third-order valence-electron chi connectivity index (χ3n) is 3.48. The van der Waals surface area contributed by atoms with E-state index in [0.29, 0.717) is 51.9 Å². The average molecular weight is 295 g/mol. The van der Waals surface area contributed by atoms with Crippen LogP contribution in [0.15, 0.2) is 18.2 Å². The largest absolute Gasteiger partial charge is 0.508 e. The molecular formula is C16H25NO4. The standard InChI is InChI=1S/C16H25NO4/c1-14-2-3-16(18)15(12-14)13-17-4-6-19-8-10-21-11-9-20-7-5-17/h2-3,12,18H,4-11,13H2,1H3. The molecule has 1 aromatic rings. The molecule has 0 aromatic heterocycles. The fourth-order valence-electron chi connectivity index (χ4n) is 2.28. The number of benzene rings is 1. The number of phenolic OH excluding ortho intramolecular Hbond substituents is 1. The van der Waals surface area contributed by atoms with Crippen molar-refractivity contribution in [2.45, 2.75) is 13.5 Å². The molecule has 21 heavy (non-hydrogen) atoms. The molecule has 0 saturated carbocycles. The zero-order chi connectivity index (χ0) is 14.9. The lowest BCUT2D eigenvalue weighted by molar-refractivity contribution is -0.00696. The van der Waals surface area contributed by atoms with Crippen LogP contribution >= 0.6 is 0 Å². The summed E-state index contributed by atoms with van der Waals surface area (Å²) in [6.45, 7) is 8.15. The van der Waals surface area contributed by atoms with Gasteiger partial charge in [-0.2, -0.15) is 0 Å². The van der Waals surface area contributed by atoms with E-state index >= 15 is 0 Å². The van der Waals surface area contributed by atoms with Crippen LogP contribution in [0.5, 0.6) is 5.75 Å². The van der Waals surface area contributed by atoms with Crippen molar-refractivity contribution in [2.24, 2.45) is 0 Å². The minimum atomic E-state index is 0.349. The summed E-state index contributed by atoms with van der Waals surface area (Å²) in [6.07, 6.45) is 0. The highest BCUT2D eigenvalue weighted by atomic mass is 16.5. The van der Waals surface area contributed by atoms with Crippen molar-refractivity contribution >= 4 is 0 Å². The van der Waals surface area contributed by atoms with Gasteiger partial charge < -0.3 is 19.3 Å². The number of hydrogen-bond acceptors (Lipinski definition) is 5. The second kappa shape index (κ2) is 9.00. The van der Waals surface area contributed by atoms with E-state index in [0.717, 1.165) is 24.2 Å². The third kappa shape index (κ3) is 6.01. The van der Waals surface area contributed by atoms with Gasteiger partial charge in [0, 0.05) is 25.2 Å². The summed E-state index contributed by atoms with van der Waals surface area (Å²) in [6, 6.07) is 5.70. The maximum absolute atomic E-state index is 9.97. The van der Waals surface area contributed by atoms with Crippen LogP contribution < -0.4 is 0 Å². The van der Waals surface area contributed by atoms with Gasteiger partial charge in [-0.25, -0.2) is 0 Å². The Balaban J connectivity index is 1.92. The molecule has 1 fully saturated rings. The van der Waals surface area contributed by atoms with Crippen LogP contribution in [0.4, 0.5) is 0 Å². The number of aryl methyl sites for hydroxylation is 1. The Morgan fingerprint density at radius 2 is 1.52 bits per heavy atom. The van der Waals surface area contributed by atoms with Gasteiger partial charge in [-0.1, -0.05) is 17.7 Å². The smallest absolute Gasteiger partial charge is 0.120 e. The SMILES string of the molecule is Cc1ccc(O)c(CN2CCOCCOCCOCC2)c1. The molecule has 0 spiro atoms. The van der Waals surface area contributed by atoms with Gasteiger partial charge >= 0.3 is 0 Å². The predicted molar refractivity (Wildman–Crippen MR) is 80.6 cm³/mol. The number of phenols is 1. The molecule has 0 aliphatic carbocycles. The van der Waals surface area contributed by atoms with E-state index in [1.165, 1.54) is 0 Å². The lowest BCUT2D eigenvalue weighted by Gasteiger charge is -2.23. The van der Waals surface area contributed by atoms with Crippen LogP contribution in [0.3, 0.4) is 0 Å². The Kier molecular flexibility index (Phi) is 6.95. The first-order valence-corrected chi connectivity index (χ1v) is 7.50. The molecule has 2 rings (SSSR count). The Morgan fingerprint density at radius 3 is 2.14 bits per heavy atom. The van der Waals surface area contributed by atoms with Gasteiger partial charge in [0.05, 0.1) is 39.6 Å². The summed E-state index contributed by atoms with van der Waals surface area (Å²) in [4.78, 5) is 2.25. The lowest BCUT2D eigenvalue weighted by Crippen LogP contribution is -2.32. The molecule has 1 aliphatic heterocycles. The summed E-state index contributed by atoms with van der Waals surface area (Å²) >= 11 is 0. The van der Waals surface area contributed by atoms with E-state index in [2.05, 4.69) is 4.90 Å². The molecule has 1 saturated heterocycles. The first-order valence-electron chi connectivity index (χ1n) is 7.50. The van der Waals surface area contributed by atoms with Crippen molar-refractivity contribution in [3.63, 3.8) is 0 Å². The first-order chi connectivity index (χ1) is 10.3. The zero-order valence-corrected chi connectivity index (χ0v) is 12.7. The van der Waals surface area contributed by atoms with E-state index < -0.39 is 0 Å². The Bertz CT molecular complexity index is 413.